The minimum atomic E-state index is -1.23. The standard InChI is InChI=1S/C31H28F3N3O3/c32-25-15-27(34)26(33)13-19(25)14-28(35)20-11-21-8-9-22(12-20)37(21)29(38)18-5-3-4-17(10-18)16-36-30(39)23-6-1-2-7-24(23)31(36)40/h1-7,10,13,15,20-22,28H,8-9,11-12,14,16,35H2/t20?,21?,22?,28-/m1/s1. The molecule has 6 rings (SSSR count). The van der Waals surface area contributed by atoms with E-state index in [1.807, 2.05) is 4.90 Å². The Hall–Kier alpha value is -3.98. The normalized spacial score (nSPS) is 22.6. The number of imide groups is 1. The molecule has 2 unspecified atom stereocenters. The number of halogens is 3. The summed E-state index contributed by atoms with van der Waals surface area (Å²) in [7, 11) is 0. The number of benzene rings is 3. The maximum absolute atomic E-state index is 14.2. The second kappa shape index (κ2) is 10.2. The van der Waals surface area contributed by atoms with Gasteiger partial charge in [0.2, 0.25) is 0 Å². The average Bonchev–Trinajstić information content (AvgIpc) is 3.35. The largest absolute Gasteiger partial charge is 0.333 e. The van der Waals surface area contributed by atoms with Gasteiger partial charge in [0.25, 0.3) is 17.7 Å². The molecule has 9 heteroatoms. The van der Waals surface area contributed by atoms with E-state index in [0.717, 1.165) is 18.9 Å². The number of fused-ring (bicyclic) bond motifs is 3. The van der Waals surface area contributed by atoms with Gasteiger partial charge in [0.1, 0.15) is 5.82 Å². The topological polar surface area (TPSA) is 83.7 Å². The summed E-state index contributed by atoms with van der Waals surface area (Å²) in [6, 6.07) is 14.6. The van der Waals surface area contributed by atoms with Crippen LogP contribution in [0, 0.1) is 23.4 Å². The summed E-state index contributed by atoms with van der Waals surface area (Å²) in [5.41, 5.74) is 8.40. The van der Waals surface area contributed by atoms with Crippen LogP contribution in [0.2, 0.25) is 0 Å². The van der Waals surface area contributed by atoms with Crippen LogP contribution in [0.15, 0.2) is 60.7 Å². The van der Waals surface area contributed by atoms with Crippen LogP contribution < -0.4 is 5.73 Å². The van der Waals surface area contributed by atoms with Gasteiger partial charge < -0.3 is 10.6 Å². The van der Waals surface area contributed by atoms with E-state index >= 15 is 0 Å². The Kier molecular flexibility index (Phi) is 6.70. The van der Waals surface area contributed by atoms with E-state index in [1.54, 1.807) is 48.5 Å². The molecule has 3 aromatic rings. The van der Waals surface area contributed by atoms with Gasteiger partial charge in [-0.05, 0) is 79.5 Å². The lowest BCUT2D eigenvalue weighted by molar-refractivity contribution is 0.0499. The number of carbonyl (C=O) groups is 3. The zero-order valence-corrected chi connectivity index (χ0v) is 21.7. The first kappa shape index (κ1) is 26.3. The van der Waals surface area contributed by atoms with Crippen molar-refractivity contribution in [2.75, 3.05) is 0 Å². The van der Waals surface area contributed by atoms with E-state index in [2.05, 4.69) is 0 Å². The Morgan fingerprint density at radius 2 is 1.48 bits per heavy atom. The predicted octanol–water partition coefficient (Wildman–Crippen LogP) is 4.85. The molecular formula is C31H28F3N3O3. The van der Waals surface area contributed by atoms with Crippen LogP contribution in [0.5, 0.6) is 0 Å². The zero-order valence-electron chi connectivity index (χ0n) is 21.7. The molecule has 3 amide bonds. The Balaban J connectivity index is 1.13. The molecule has 3 atom stereocenters. The van der Waals surface area contributed by atoms with Crippen LogP contribution in [-0.4, -0.2) is 45.6 Å². The molecule has 0 radical (unpaired) electrons. The smallest absolute Gasteiger partial charge is 0.261 e. The molecule has 3 aliphatic rings. The van der Waals surface area contributed by atoms with Gasteiger partial charge >= 0.3 is 0 Å². The molecule has 2 N–H and O–H groups in total. The minimum absolute atomic E-state index is 0.00854. The highest BCUT2D eigenvalue weighted by molar-refractivity contribution is 6.21. The Morgan fingerprint density at radius 3 is 2.12 bits per heavy atom. The number of piperidine rings is 1. The van der Waals surface area contributed by atoms with Gasteiger partial charge in [0.05, 0.1) is 17.7 Å². The fourth-order valence-electron chi connectivity index (χ4n) is 6.56. The molecule has 0 aliphatic carbocycles. The molecule has 3 aliphatic heterocycles. The Morgan fingerprint density at radius 1 is 0.850 bits per heavy atom. The molecular weight excluding hydrogens is 519 g/mol. The number of nitrogens with zero attached hydrogens (tertiary/aromatic N) is 2. The Labute approximate surface area is 229 Å². The van der Waals surface area contributed by atoms with Gasteiger partial charge in [-0.3, -0.25) is 19.3 Å². The van der Waals surface area contributed by atoms with Crippen molar-refractivity contribution in [2.45, 2.75) is 56.8 Å². The van der Waals surface area contributed by atoms with Crippen molar-refractivity contribution in [3.05, 3.63) is 106 Å². The van der Waals surface area contributed by atoms with Crippen molar-refractivity contribution >= 4 is 17.7 Å². The van der Waals surface area contributed by atoms with Crippen molar-refractivity contribution < 1.29 is 27.6 Å². The van der Waals surface area contributed by atoms with E-state index in [9.17, 15) is 27.6 Å². The van der Waals surface area contributed by atoms with Crippen LogP contribution in [0.3, 0.4) is 0 Å². The third-order valence-corrected chi connectivity index (χ3v) is 8.55. The van der Waals surface area contributed by atoms with Crippen molar-refractivity contribution in [3.63, 3.8) is 0 Å². The van der Waals surface area contributed by atoms with Crippen molar-refractivity contribution in [1.29, 1.82) is 0 Å². The van der Waals surface area contributed by atoms with E-state index in [0.29, 0.717) is 41.2 Å². The summed E-state index contributed by atoms with van der Waals surface area (Å²) in [6.07, 6.45) is 3.02. The minimum Gasteiger partial charge on any atom is -0.333 e. The first-order chi connectivity index (χ1) is 19.2. The summed E-state index contributed by atoms with van der Waals surface area (Å²) < 4.78 is 41.2. The molecule has 0 saturated carbocycles. The quantitative estimate of drug-likeness (QED) is 0.353. The van der Waals surface area contributed by atoms with E-state index in [4.69, 9.17) is 5.73 Å². The first-order valence-electron chi connectivity index (χ1n) is 13.5. The van der Waals surface area contributed by atoms with Crippen molar-refractivity contribution in [2.24, 2.45) is 11.7 Å². The number of carbonyl (C=O) groups excluding carboxylic acids is 3. The fraction of sp³-hybridized carbons (Fsp3) is 0.323. The third-order valence-electron chi connectivity index (χ3n) is 8.55. The molecule has 206 valence electrons. The summed E-state index contributed by atoms with van der Waals surface area (Å²) in [5, 5.41) is 0. The summed E-state index contributed by atoms with van der Waals surface area (Å²) in [6.45, 7) is 0.0673. The fourth-order valence-corrected chi connectivity index (χ4v) is 6.56. The SMILES string of the molecule is N[C@H](Cc1cc(F)c(F)cc1F)C1CC2CCC(C1)N2C(=O)c1cccc(CN2C(=O)c3ccccc3C2=O)c1. The second-order valence-electron chi connectivity index (χ2n) is 11.0. The van der Waals surface area contributed by atoms with E-state index in [1.165, 1.54) is 4.90 Å². The molecule has 2 bridgehead atoms. The highest BCUT2D eigenvalue weighted by atomic mass is 19.2. The van der Waals surface area contributed by atoms with Gasteiger partial charge in [0.15, 0.2) is 11.6 Å². The summed E-state index contributed by atoms with van der Waals surface area (Å²) in [4.78, 5) is 42.3. The molecule has 40 heavy (non-hydrogen) atoms. The van der Waals surface area contributed by atoms with Gasteiger partial charge in [-0.15, -0.1) is 0 Å². The number of hydrogen-bond donors (Lipinski definition) is 1. The second-order valence-corrected chi connectivity index (χ2v) is 11.0. The van der Waals surface area contributed by atoms with Crippen LogP contribution in [0.1, 0.15) is 67.9 Å². The molecule has 3 aromatic carbocycles. The molecule has 2 fully saturated rings. The number of hydrogen-bond acceptors (Lipinski definition) is 4. The highest BCUT2D eigenvalue weighted by Crippen LogP contribution is 2.41. The molecule has 6 nitrogen and oxygen atoms in total. The van der Waals surface area contributed by atoms with E-state index in [-0.39, 0.29) is 54.3 Å². The average molecular weight is 548 g/mol. The van der Waals surface area contributed by atoms with Gasteiger partial charge in [-0.2, -0.15) is 0 Å². The van der Waals surface area contributed by atoms with Crippen LogP contribution in [0.4, 0.5) is 13.2 Å². The van der Waals surface area contributed by atoms with Crippen LogP contribution in [0.25, 0.3) is 0 Å². The summed E-state index contributed by atoms with van der Waals surface area (Å²) in [5.74, 6) is -3.95. The third kappa shape index (κ3) is 4.58. The number of nitrogens with two attached hydrogens (primary N) is 1. The predicted molar refractivity (Wildman–Crippen MR) is 141 cm³/mol. The van der Waals surface area contributed by atoms with Crippen molar-refractivity contribution in [1.82, 2.24) is 9.80 Å². The maximum atomic E-state index is 14.2. The van der Waals surface area contributed by atoms with Gasteiger partial charge in [-0.25, -0.2) is 13.2 Å². The molecule has 3 heterocycles. The lowest BCUT2D eigenvalue weighted by Crippen LogP contribution is -2.50. The number of amides is 3. The van der Waals surface area contributed by atoms with Crippen LogP contribution >= 0.6 is 0 Å². The maximum Gasteiger partial charge on any atom is 0.261 e. The Bertz CT molecular complexity index is 1480. The van der Waals surface area contributed by atoms with Gasteiger partial charge in [-0.1, -0.05) is 24.3 Å². The lowest BCUT2D eigenvalue weighted by atomic mass is 9.82. The molecule has 0 aromatic heterocycles. The summed E-state index contributed by atoms with van der Waals surface area (Å²) >= 11 is 0. The van der Waals surface area contributed by atoms with E-state index < -0.39 is 23.5 Å². The van der Waals surface area contributed by atoms with Gasteiger partial charge in [0, 0.05) is 29.8 Å². The zero-order chi connectivity index (χ0) is 28.1. The molecule has 2 saturated heterocycles. The molecule has 0 spiro atoms. The highest BCUT2D eigenvalue weighted by Gasteiger charge is 2.45. The first-order valence-corrected chi connectivity index (χ1v) is 13.5. The van der Waals surface area contributed by atoms with Crippen molar-refractivity contribution in [3.8, 4) is 0 Å². The lowest BCUT2D eigenvalue weighted by Gasteiger charge is -2.41. The van der Waals surface area contributed by atoms with Crippen LogP contribution in [-0.2, 0) is 13.0 Å². The monoisotopic (exact) mass is 547 g/mol. The number of rotatable bonds is 6.